The van der Waals surface area contributed by atoms with Crippen LogP contribution in [0.5, 0.6) is 0 Å². The molecule has 1 aliphatic rings. The van der Waals surface area contributed by atoms with Gasteiger partial charge in [0.25, 0.3) is 0 Å². The van der Waals surface area contributed by atoms with Gasteiger partial charge in [-0.05, 0) is 13.8 Å². The van der Waals surface area contributed by atoms with Crippen molar-refractivity contribution in [2.75, 3.05) is 12.3 Å². The van der Waals surface area contributed by atoms with Gasteiger partial charge in [-0.15, -0.1) is 0 Å². The molecule has 0 atom stereocenters. The lowest BCUT2D eigenvalue weighted by molar-refractivity contribution is 0.318. The van der Waals surface area contributed by atoms with Crippen LogP contribution in [0, 0.1) is 0 Å². The summed E-state index contributed by atoms with van der Waals surface area (Å²) in [5.41, 5.74) is 5.71. The third kappa shape index (κ3) is 0.914. The number of hydrogen-bond donors (Lipinski definition) is 2. The number of nitrogens with two attached hydrogens (primary N) is 1. The first-order valence-electron chi connectivity index (χ1n) is 4.18. The lowest BCUT2D eigenvalue weighted by atomic mass is 10.0. The van der Waals surface area contributed by atoms with Crippen molar-refractivity contribution < 1.29 is 0 Å². The molecule has 0 unspecified atom stereocenters. The zero-order valence-corrected chi connectivity index (χ0v) is 7.46. The zero-order valence-electron chi connectivity index (χ0n) is 7.46. The number of rotatable bonds is 0. The molecule has 0 radical (unpaired) electrons. The van der Waals surface area contributed by atoms with Crippen LogP contribution >= 0.6 is 0 Å². The number of nitrogen functional groups attached to an aromatic ring is 1. The number of imidazole rings is 1. The molecule has 0 aliphatic carbocycles. The van der Waals surface area contributed by atoms with Crippen LogP contribution in [0.15, 0.2) is 6.20 Å². The van der Waals surface area contributed by atoms with Crippen LogP contribution in [0.3, 0.4) is 0 Å². The Morgan fingerprint density at radius 2 is 2.42 bits per heavy atom. The molecule has 1 aromatic heterocycles. The predicted molar refractivity (Wildman–Crippen MR) is 47.7 cm³/mol. The molecule has 0 fully saturated rings. The molecule has 0 aromatic carbocycles. The van der Waals surface area contributed by atoms with Crippen LogP contribution in [-0.4, -0.2) is 16.1 Å². The highest BCUT2D eigenvalue weighted by molar-refractivity contribution is 5.31. The van der Waals surface area contributed by atoms with Crippen LogP contribution in [0.1, 0.15) is 19.7 Å². The van der Waals surface area contributed by atoms with Crippen molar-refractivity contribution in [1.29, 1.82) is 0 Å². The first kappa shape index (κ1) is 7.61. The standard InChI is InChI=1S/C8H14N4/c1-8(2)7-10-5-6(9)12(7)4-3-11-8/h5,11H,3-4,9H2,1-2H3. The molecule has 2 rings (SSSR count). The molecule has 0 amide bonds. The summed E-state index contributed by atoms with van der Waals surface area (Å²) in [6.45, 7) is 6.11. The summed E-state index contributed by atoms with van der Waals surface area (Å²) in [6.07, 6.45) is 1.73. The fraction of sp³-hybridized carbons (Fsp3) is 0.625. The summed E-state index contributed by atoms with van der Waals surface area (Å²) in [4.78, 5) is 4.28. The van der Waals surface area contributed by atoms with Gasteiger partial charge in [-0.25, -0.2) is 4.98 Å². The van der Waals surface area contributed by atoms with E-state index in [4.69, 9.17) is 5.73 Å². The SMILES string of the molecule is CC1(C)NCCn2c(N)cnc21. The Morgan fingerprint density at radius 1 is 1.67 bits per heavy atom. The summed E-state index contributed by atoms with van der Waals surface area (Å²) >= 11 is 0. The highest BCUT2D eigenvalue weighted by Crippen LogP contribution is 2.23. The first-order valence-corrected chi connectivity index (χ1v) is 4.18. The van der Waals surface area contributed by atoms with E-state index >= 15 is 0 Å². The monoisotopic (exact) mass is 166 g/mol. The van der Waals surface area contributed by atoms with Gasteiger partial charge in [-0.3, -0.25) is 0 Å². The summed E-state index contributed by atoms with van der Waals surface area (Å²) in [5.74, 6) is 1.80. The maximum Gasteiger partial charge on any atom is 0.130 e. The Balaban J connectivity index is 2.53. The zero-order chi connectivity index (χ0) is 8.77. The van der Waals surface area contributed by atoms with E-state index in [0.717, 1.165) is 24.7 Å². The van der Waals surface area contributed by atoms with E-state index in [0.29, 0.717) is 0 Å². The summed E-state index contributed by atoms with van der Waals surface area (Å²) in [7, 11) is 0. The van der Waals surface area contributed by atoms with Gasteiger partial charge < -0.3 is 15.6 Å². The van der Waals surface area contributed by atoms with Crippen molar-refractivity contribution in [3.05, 3.63) is 12.0 Å². The van der Waals surface area contributed by atoms with Crippen molar-refractivity contribution in [2.24, 2.45) is 0 Å². The number of aromatic nitrogens is 2. The summed E-state index contributed by atoms with van der Waals surface area (Å²) in [5, 5.41) is 3.39. The minimum Gasteiger partial charge on any atom is -0.384 e. The van der Waals surface area contributed by atoms with E-state index in [9.17, 15) is 0 Å². The van der Waals surface area contributed by atoms with Crippen LogP contribution in [0.2, 0.25) is 0 Å². The number of anilines is 1. The van der Waals surface area contributed by atoms with Gasteiger partial charge in [0, 0.05) is 13.1 Å². The van der Waals surface area contributed by atoms with Gasteiger partial charge >= 0.3 is 0 Å². The molecule has 4 heteroatoms. The van der Waals surface area contributed by atoms with Crippen molar-refractivity contribution in [3.63, 3.8) is 0 Å². The topological polar surface area (TPSA) is 55.9 Å². The number of hydrogen-bond acceptors (Lipinski definition) is 3. The molecule has 0 spiro atoms. The van der Waals surface area contributed by atoms with Crippen molar-refractivity contribution in [3.8, 4) is 0 Å². The summed E-state index contributed by atoms with van der Waals surface area (Å²) in [6, 6.07) is 0. The van der Waals surface area contributed by atoms with Gasteiger partial charge in [0.1, 0.15) is 11.6 Å². The first-order chi connectivity index (χ1) is 5.61. The maximum atomic E-state index is 5.76. The average Bonchev–Trinajstić information content (AvgIpc) is 2.33. The molecule has 1 aliphatic heterocycles. The highest BCUT2D eigenvalue weighted by Gasteiger charge is 2.29. The van der Waals surface area contributed by atoms with E-state index < -0.39 is 0 Å². The van der Waals surface area contributed by atoms with Crippen molar-refractivity contribution >= 4 is 5.82 Å². The lowest BCUT2D eigenvalue weighted by Gasteiger charge is -2.31. The smallest absolute Gasteiger partial charge is 0.130 e. The van der Waals surface area contributed by atoms with Crippen LogP contribution in [-0.2, 0) is 12.1 Å². The minimum atomic E-state index is -0.0458. The summed E-state index contributed by atoms with van der Waals surface area (Å²) < 4.78 is 2.07. The second-order valence-corrected chi connectivity index (χ2v) is 3.71. The van der Waals surface area contributed by atoms with Gasteiger partial charge in [0.15, 0.2) is 0 Å². The molecule has 12 heavy (non-hydrogen) atoms. The fourth-order valence-corrected chi connectivity index (χ4v) is 1.68. The molecule has 3 N–H and O–H groups in total. The number of fused-ring (bicyclic) bond motifs is 1. The Kier molecular flexibility index (Phi) is 1.41. The minimum absolute atomic E-state index is 0.0458. The lowest BCUT2D eigenvalue weighted by Crippen LogP contribution is -2.45. The van der Waals surface area contributed by atoms with Crippen molar-refractivity contribution in [1.82, 2.24) is 14.9 Å². The second-order valence-electron chi connectivity index (χ2n) is 3.71. The predicted octanol–water partition coefficient (Wildman–Crippen LogP) is 0.304. The maximum absolute atomic E-state index is 5.76. The highest BCUT2D eigenvalue weighted by atomic mass is 15.2. The van der Waals surface area contributed by atoms with Crippen LogP contribution in [0.25, 0.3) is 0 Å². The third-order valence-electron chi connectivity index (χ3n) is 2.35. The molecule has 66 valence electrons. The van der Waals surface area contributed by atoms with Gasteiger partial charge in [-0.1, -0.05) is 0 Å². The van der Waals surface area contributed by atoms with Gasteiger partial charge in [-0.2, -0.15) is 0 Å². The largest absolute Gasteiger partial charge is 0.384 e. The van der Waals surface area contributed by atoms with E-state index in [1.165, 1.54) is 0 Å². The molecular formula is C8H14N4. The molecule has 4 nitrogen and oxygen atoms in total. The van der Waals surface area contributed by atoms with Gasteiger partial charge in [0.2, 0.25) is 0 Å². The normalized spacial score (nSPS) is 20.5. The molecule has 2 heterocycles. The van der Waals surface area contributed by atoms with E-state index in [2.05, 4.69) is 28.7 Å². The molecule has 1 aromatic rings. The van der Waals surface area contributed by atoms with Gasteiger partial charge in [0.05, 0.1) is 11.7 Å². The number of nitrogens with zero attached hydrogens (tertiary/aromatic N) is 2. The molecule has 0 saturated carbocycles. The van der Waals surface area contributed by atoms with Crippen LogP contribution < -0.4 is 11.1 Å². The fourth-order valence-electron chi connectivity index (χ4n) is 1.68. The molecule has 0 saturated heterocycles. The quantitative estimate of drug-likeness (QED) is 0.583. The second kappa shape index (κ2) is 2.23. The van der Waals surface area contributed by atoms with E-state index in [1.54, 1.807) is 6.20 Å². The van der Waals surface area contributed by atoms with E-state index in [-0.39, 0.29) is 5.54 Å². The Hall–Kier alpha value is -1.03. The average molecular weight is 166 g/mol. The third-order valence-corrected chi connectivity index (χ3v) is 2.35. The van der Waals surface area contributed by atoms with Crippen molar-refractivity contribution in [2.45, 2.75) is 25.9 Å². The van der Waals surface area contributed by atoms with Crippen LogP contribution in [0.4, 0.5) is 5.82 Å². The molecular weight excluding hydrogens is 152 g/mol. The Morgan fingerprint density at radius 3 is 3.08 bits per heavy atom. The number of nitrogens with one attached hydrogen (secondary N) is 1. The Labute approximate surface area is 71.8 Å². The Bertz CT molecular complexity index is 300. The molecule has 0 bridgehead atoms. The van der Waals surface area contributed by atoms with E-state index in [1.807, 2.05) is 0 Å².